The van der Waals surface area contributed by atoms with Crippen LogP contribution in [0, 0.1) is 17.3 Å². The van der Waals surface area contributed by atoms with Crippen molar-refractivity contribution >= 4 is 28.8 Å². The molecule has 0 bridgehead atoms. The van der Waals surface area contributed by atoms with Gasteiger partial charge in [-0.2, -0.15) is 0 Å². The predicted molar refractivity (Wildman–Crippen MR) is 136 cm³/mol. The standard InChI is InChI=1S/C27H28N6O2/c28-25(7-4-14-33-15-17-35-18-16-33)24-6-1-2-8-26(24)31-22-9-11-23(12-10-22)32-27(34)30-20-21-5-3-13-29-19-21/h1-3,5-6,8-13,19,28,31H,14-18,20H2,(H2,30,32,34)/p+1. The van der Waals surface area contributed by atoms with Gasteiger partial charge in [0, 0.05) is 55.9 Å². The molecule has 8 nitrogen and oxygen atoms in total. The third-order valence-corrected chi connectivity index (χ3v) is 5.52. The summed E-state index contributed by atoms with van der Waals surface area (Å²) in [4.78, 5) is 18.4. The van der Waals surface area contributed by atoms with E-state index in [9.17, 15) is 4.79 Å². The zero-order valence-corrected chi connectivity index (χ0v) is 19.5. The number of para-hydroxylation sites is 1. The molecule has 1 saturated heterocycles. The van der Waals surface area contributed by atoms with Gasteiger partial charge in [0.2, 0.25) is 0 Å². The van der Waals surface area contributed by atoms with Crippen LogP contribution in [0.2, 0.25) is 0 Å². The van der Waals surface area contributed by atoms with Gasteiger partial charge >= 0.3 is 6.03 Å². The lowest BCUT2D eigenvalue weighted by atomic mass is 10.1. The summed E-state index contributed by atoms with van der Waals surface area (Å²) in [6, 6.07) is 18.8. The number of ether oxygens (including phenoxy) is 1. The number of anilines is 1. The van der Waals surface area contributed by atoms with Crippen LogP contribution in [0.4, 0.5) is 21.9 Å². The second-order valence-corrected chi connectivity index (χ2v) is 8.09. The number of nitrogens with one attached hydrogen (secondary N) is 3. The zero-order valence-electron chi connectivity index (χ0n) is 19.5. The monoisotopic (exact) mass is 469 g/mol. The molecule has 2 heterocycles. The summed E-state index contributed by atoms with van der Waals surface area (Å²) in [6.07, 6.45) is 3.42. The van der Waals surface area contributed by atoms with Gasteiger partial charge in [0.05, 0.1) is 25.3 Å². The maximum Gasteiger partial charge on any atom is 0.319 e. The van der Waals surface area contributed by atoms with Crippen LogP contribution in [0.15, 0.2) is 73.1 Å². The Morgan fingerprint density at radius 2 is 1.89 bits per heavy atom. The number of aromatic nitrogens is 1. The number of hydrogen-bond acceptors (Lipinski definition) is 5. The lowest BCUT2D eigenvalue weighted by molar-refractivity contribution is -0.478. The van der Waals surface area contributed by atoms with Crippen molar-refractivity contribution in [1.82, 2.24) is 15.2 Å². The van der Waals surface area contributed by atoms with Crippen LogP contribution in [0.3, 0.4) is 0 Å². The minimum atomic E-state index is -0.278. The molecule has 2 aromatic carbocycles. The molecule has 3 aromatic rings. The van der Waals surface area contributed by atoms with Gasteiger partial charge in [0.15, 0.2) is 0 Å². The summed E-state index contributed by atoms with van der Waals surface area (Å²) < 4.78 is 5.36. The average molecular weight is 470 g/mol. The van der Waals surface area contributed by atoms with E-state index < -0.39 is 0 Å². The maximum absolute atomic E-state index is 12.2. The molecule has 1 fully saturated rings. The third-order valence-electron chi connectivity index (χ3n) is 5.52. The maximum atomic E-state index is 12.2. The minimum Gasteiger partial charge on any atom is -0.379 e. The average Bonchev–Trinajstić information content (AvgIpc) is 2.90. The fourth-order valence-corrected chi connectivity index (χ4v) is 3.62. The Balaban J connectivity index is 1.32. The van der Waals surface area contributed by atoms with Crippen LogP contribution in [-0.2, 0) is 11.3 Å². The van der Waals surface area contributed by atoms with E-state index >= 15 is 0 Å². The number of benzene rings is 2. The number of hydrogen-bond donors (Lipinski definition) is 4. The van der Waals surface area contributed by atoms with Crippen LogP contribution in [0.1, 0.15) is 11.1 Å². The Bertz CT molecular complexity index is 1200. The Hall–Kier alpha value is -4.03. The number of carbonyl (C=O) groups excluding carboxylic acids is 1. The van der Waals surface area contributed by atoms with Gasteiger partial charge < -0.3 is 15.4 Å². The summed E-state index contributed by atoms with van der Waals surface area (Å²) in [6.45, 7) is 4.28. The van der Waals surface area contributed by atoms with Gasteiger partial charge in [-0.3, -0.25) is 20.6 Å². The molecular weight excluding hydrogens is 440 g/mol. The van der Waals surface area contributed by atoms with Gasteiger partial charge in [-0.05, 0) is 35.7 Å². The van der Waals surface area contributed by atoms with Crippen molar-refractivity contribution in [2.24, 2.45) is 0 Å². The lowest BCUT2D eigenvalue weighted by Gasteiger charge is -2.24. The Morgan fingerprint density at radius 1 is 1.09 bits per heavy atom. The molecule has 0 spiro atoms. The molecule has 1 aliphatic heterocycles. The fourth-order valence-electron chi connectivity index (χ4n) is 3.62. The summed E-state index contributed by atoms with van der Waals surface area (Å²) in [5, 5.41) is 16.1. The quantitative estimate of drug-likeness (QED) is 0.242. The molecule has 35 heavy (non-hydrogen) atoms. The molecule has 0 aliphatic carbocycles. The van der Waals surface area contributed by atoms with Crippen molar-refractivity contribution in [1.29, 1.82) is 5.41 Å². The lowest BCUT2D eigenvalue weighted by Crippen LogP contribution is -2.71. The Kier molecular flexibility index (Phi) is 8.57. The normalized spacial score (nSPS) is 13.4. The highest BCUT2D eigenvalue weighted by Crippen LogP contribution is 2.15. The first-order valence-electron chi connectivity index (χ1n) is 11.5. The molecule has 1 aliphatic rings. The van der Waals surface area contributed by atoms with Crippen molar-refractivity contribution in [2.45, 2.75) is 6.54 Å². The van der Waals surface area contributed by atoms with Crippen molar-refractivity contribution in [3.63, 3.8) is 0 Å². The second-order valence-electron chi connectivity index (χ2n) is 8.09. The smallest absolute Gasteiger partial charge is 0.319 e. The van der Waals surface area contributed by atoms with E-state index in [1.54, 1.807) is 12.4 Å². The molecule has 1 aromatic heterocycles. The molecule has 2 amide bonds. The summed E-state index contributed by atoms with van der Waals surface area (Å²) in [7, 11) is 0. The highest BCUT2D eigenvalue weighted by molar-refractivity contribution is 6.13. The molecule has 5 N–H and O–H groups in total. The van der Waals surface area contributed by atoms with Crippen molar-refractivity contribution in [3.05, 3.63) is 84.2 Å². The second kappa shape index (κ2) is 12.4. The van der Waals surface area contributed by atoms with Gasteiger partial charge in [0.1, 0.15) is 17.1 Å². The van der Waals surface area contributed by atoms with Gasteiger partial charge in [0.25, 0.3) is 0 Å². The number of amides is 2. The number of urea groups is 1. The van der Waals surface area contributed by atoms with E-state index in [0.29, 0.717) is 24.5 Å². The molecule has 0 radical (unpaired) electrons. The fraction of sp³-hybridized carbons (Fsp3) is 0.222. The van der Waals surface area contributed by atoms with E-state index in [1.807, 2.05) is 66.0 Å². The molecule has 0 atom stereocenters. The number of pyridine rings is 1. The molecular formula is C27H29N6O2+. The minimum absolute atomic E-state index is 0.278. The largest absolute Gasteiger partial charge is 0.379 e. The number of carbonyl (C=O) groups is 1. The summed E-state index contributed by atoms with van der Waals surface area (Å²) >= 11 is 0. The highest BCUT2D eigenvalue weighted by Gasteiger charge is 2.12. The van der Waals surface area contributed by atoms with Gasteiger partial charge in [-0.15, -0.1) is 0 Å². The summed E-state index contributed by atoms with van der Waals surface area (Å²) in [5.74, 6) is 6.12. The zero-order chi connectivity index (χ0) is 24.3. The topological polar surface area (TPSA) is 107 Å². The number of nitrogens with two attached hydrogens (primary N) is 1. The highest BCUT2D eigenvalue weighted by atomic mass is 16.5. The summed E-state index contributed by atoms with van der Waals surface area (Å²) in [5.41, 5.74) is 4.61. The number of morpholine rings is 1. The molecule has 8 heteroatoms. The van der Waals surface area contributed by atoms with Gasteiger partial charge in [-0.25, -0.2) is 4.79 Å². The Labute approximate surface area is 205 Å². The van der Waals surface area contributed by atoms with Crippen molar-refractivity contribution in [3.8, 4) is 11.8 Å². The van der Waals surface area contributed by atoms with Crippen molar-refractivity contribution < 1.29 is 14.8 Å². The number of rotatable bonds is 7. The van der Waals surface area contributed by atoms with E-state index in [0.717, 1.165) is 48.8 Å². The van der Waals surface area contributed by atoms with E-state index in [1.165, 1.54) is 0 Å². The molecule has 4 rings (SSSR count). The van der Waals surface area contributed by atoms with Crippen LogP contribution in [-0.4, -0.2) is 54.5 Å². The molecule has 178 valence electrons. The van der Waals surface area contributed by atoms with Crippen LogP contribution < -0.4 is 16.0 Å². The first-order valence-corrected chi connectivity index (χ1v) is 11.5. The first kappa shape index (κ1) is 24.1. The van der Waals surface area contributed by atoms with Crippen LogP contribution in [0.25, 0.3) is 0 Å². The first-order chi connectivity index (χ1) is 17.2. The van der Waals surface area contributed by atoms with E-state index in [-0.39, 0.29) is 6.03 Å². The van der Waals surface area contributed by atoms with Gasteiger partial charge in [-0.1, -0.05) is 24.1 Å². The molecule has 0 unspecified atom stereocenters. The van der Waals surface area contributed by atoms with E-state index in [2.05, 4.69) is 32.4 Å². The van der Waals surface area contributed by atoms with E-state index in [4.69, 9.17) is 10.1 Å². The molecule has 0 saturated carbocycles. The predicted octanol–water partition coefficient (Wildman–Crippen LogP) is 2.63. The van der Waals surface area contributed by atoms with Crippen LogP contribution in [0.5, 0.6) is 0 Å². The number of quaternary nitrogens is 1. The SMILES string of the molecule is N=C(C#CCN1CCOCC1)c1ccccc1[NH2+]c1ccc(NC(=O)NCc2cccnc2)cc1. The van der Waals surface area contributed by atoms with Crippen LogP contribution >= 0.6 is 0 Å². The number of nitrogens with zero attached hydrogens (tertiary/aromatic N) is 2. The van der Waals surface area contributed by atoms with Crippen molar-refractivity contribution in [2.75, 3.05) is 38.2 Å². The Morgan fingerprint density at radius 3 is 2.66 bits per heavy atom. The third kappa shape index (κ3) is 7.48.